The largest absolute Gasteiger partial charge is 0.310 e. The third-order valence-corrected chi connectivity index (χ3v) is 10.6. The Hall–Kier alpha value is -6.58. The van der Waals surface area contributed by atoms with Crippen LogP contribution >= 0.6 is 0 Å². The summed E-state index contributed by atoms with van der Waals surface area (Å²) >= 11 is 0. The lowest BCUT2D eigenvalue weighted by molar-refractivity contribution is 1.17. The van der Waals surface area contributed by atoms with Crippen molar-refractivity contribution in [2.45, 2.75) is 27.7 Å². The third kappa shape index (κ3) is 5.62. The first kappa shape index (κ1) is 32.3. The SMILES string of the molecule is Cc1ccccc1N(c1ccc2cc3c4ccc(N(c5ccccc5C)c5ccccc5C)cc4n(-c4ccccc4)c3cc2c1)c1ccccc1C. The van der Waals surface area contributed by atoms with Gasteiger partial charge in [0.1, 0.15) is 0 Å². The van der Waals surface area contributed by atoms with Gasteiger partial charge >= 0.3 is 0 Å². The fourth-order valence-electron chi connectivity index (χ4n) is 7.94. The van der Waals surface area contributed by atoms with Crippen LogP contribution in [-0.2, 0) is 0 Å². The Kier molecular flexibility index (Phi) is 8.05. The van der Waals surface area contributed by atoms with E-state index in [0.717, 1.165) is 17.1 Å². The molecule has 9 aromatic rings. The summed E-state index contributed by atoms with van der Waals surface area (Å²) in [4.78, 5) is 4.81. The van der Waals surface area contributed by atoms with Gasteiger partial charge in [-0.2, -0.15) is 0 Å². The lowest BCUT2D eigenvalue weighted by Gasteiger charge is -2.28. The van der Waals surface area contributed by atoms with Gasteiger partial charge in [0, 0.05) is 50.6 Å². The van der Waals surface area contributed by atoms with E-state index in [1.165, 1.54) is 77.6 Å². The summed E-state index contributed by atoms with van der Waals surface area (Å²) in [5.74, 6) is 0. The number of hydrogen-bond acceptors (Lipinski definition) is 2. The zero-order valence-corrected chi connectivity index (χ0v) is 30.6. The number of aromatic nitrogens is 1. The highest BCUT2D eigenvalue weighted by Crippen LogP contribution is 2.44. The number of aryl methyl sites for hydroxylation is 4. The molecule has 1 aromatic heterocycles. The van der Waals surface area contributed by atoms with Crippen molar-refractivity contribution in [2.24, 2.45) is 0 Å². The van der Waals surface area contributed by atoms with Crippen LogP contribution in [0.1, 0.15) is 22.3 Å². The van der Waals surface area contributed by atoms with Gasteiger partial charge in [0.2, 0.25) is 0 Å². The standard InChI is InChI=1S/C50H41N3/c1-34-16-8-12-22-45(34)52(46-23-13-9-17-35(46)2)41-27-26-38-31-44-43-29-28-42(53(47-24-14-10-18-36(47)3)48-25-15-11-19-37(48)4)33-50(43)51(40-20-6-5-7-21-40)49(44)32-39(38)30-41/h5-33H,1-4H3. The van der Waals surface area contributed by atoms with Crippen LogP contribution < -0.4 is 9.80 Å². The average molecular weight is 684 g/mol. The van der Waals surface area contributed by atoms with Crippen LogP contribution in [0, 0.1) is 27.7 Å². The third-order valence-electron chi connectivity index (χ3n) is 10.6. The minimum Gasteiger partial charge on any atom is -0.310 e. The molecule has 0 amide bonds. The van der Waals surface area contributed by atoms with Gasteiger partial charge in [-0.15, -0.1) is 0 Å². The number of nitrogens with zero attached hydrogens (tertiary/aromatic N) is 3. The molecule has 3 heteroatoms. The number of fused-ring (bicyclic) bond motifs is 4. The number of anilines is 6. The smallest absolute Gasteiger partial charge is 0.0561 e. The molecule has 0 N–H and O–H groups in total. The van der Waals surface area contributed by atoms with Crippen molar-refractivity contribution in [2.75, 3.05) is 9.80 Å². The van der Waals surface area contributed by atoms with Gasteiger partial charge in [-0.25, -0.2) is 0 Å². The highest BCUT2D eigenvalue weighted by atomic mass is 15.2. The van der Waals surface area contributed by atoms with E-state index in [9.17, 15) is 0 Å². The van der Waals surface area contributed by atoms with Crippen molar-refractivity contribution < 1.29 is 0 Å². The minimum absolute atomic E-state index is 1.13. The Morgan fingerprint density at radius 2 is 0.774 bits per heavy atom. The average Bonchev–Trinajstić information content (AvgIpc) is 3.49. The zero-order valence-electron chi connectivity index (χ0n) is 30.6. The van der Waals surface area contributed by atoms with Gasteiger partial charge < -0.3 is 14.4 Å². The molecule has 0 unspecified atom stereocenters. The summed E-state index contributed by atoms with van der Waals surface area (Å²) in [6.07, 6.45) is 0. The molecule has 8 aromatic carbocycles. The molecule has 9 rings (SSSR count). The molecule has 0 fully saturated rings. The Bertz CT molecular complexity index is 2700. The second kappa shape index (κ2) is 13.2. The first-order chi connectivity index (χ1) is 26.0. The Morgan fingerprint density at radius 1 is 0.340 bits per heavy atom. The minimum atomic E-state index is 1.13. The lowest BCUT2D eigenvalue weighted by Crippen LogP contribution is -2.12. The lowest BCUT2D eigenvalue weighted by atomic mass is 10.0. The number of rotatable bonds is 7. The van der Waals surface area contributed by atoms with Crippen LogP contribution in [0.3, 0.4) is 0 Å². The molecular weight excluding hydrogens is 643 g/mol. The molecule has 0 spiro atoms. The normalized spacial score (nSPS) is 11.4. The summed E-state index contributed by atoms with van der Waals surface area (Å²) in [7, 11) is 0. The van der Waals surface area contributed by atoms with E-state index < -0.39 is 0 Å². The van der Waals surface area contributed by atoms with E-state index in [2.05, 4.69) is 218 Å². The first-order valence-electron chi connectivity index (χ1n) is 18.4. The van der Waals surface area contributed by atoms with Gasteiger partial charge in [0.15, 0.2) is 0 Å². The molecule has 0 saturated heterocycles. The molecule has 0 bridgehead atoms. The maximum atomic E-state index is 2.44. The molecule has 0 aliphatic rings. The zero-order chi connectivity index (χ0) is 36.1. The van der Waals surface area contributed by atoms with E-state index >= 15 is 0 Å². The molecule has 1 heterocycles. The van der Waals surface area contributed by atoms with Gasteiger partial charge in [-0.1, -0.05) is 103 Å². The Balaban J connectivity index is 1.29. The van der Waals surface area contributed by atoms with Crippen molar-refractivity contribution in [3.8, 4) is 5.69 Å². The van der Waals surface area contributed by atoms with Crippen LogP contribution in [0.15, 0.2) is 176 Å². The van der Waals surface area contributed by atoms with E-state index in [-0.39, 0.29) is 0 Å². The van der Waals surface area contributed by atoms with E-state index in [4.69, 9.17) is 0 Å². The molecular formula is C50H41N3. The topological polar surface area (TPSA) is 11.4 Å². The van der Waals surface area contributed by atoms with Crippen LogP contribution in [0.2, 0.25) is 0 Å². The molecule has 3 nitrogen and oxygen atoms in total. The fraction of sp³-hybridized carbons (Fsp3) is 0.0800. The second-order valence-corrected chi connectivity index (χ2v) is 14.1. The first-order valence-corrected chi connectivity index (χ1v) is 18.4. The number of benzene rings is 8. The van der Waals surface area contributed by atoms with Gasteiger partial charge in [-0.05, 0) is 134 Å². The molecule has 53 heavy (non-hydrogen) atoms. The molecule has 0 aliphatic carbocycles. The van der Waals surface area contributed by atoms with Crippen LogP contribution in [0.4, 0.5) is 34.1 Å². The summed E-state index contributed by atoms with van der Waals surface area (Å²) < 4.78 is 2.44. The quantitative estimate of drug-likeness (QED) is 0.166. The summed E-state index contributed by atoms with van der Waals surface area (Å²) in [6, 6.07) is 64.0. The number of hydrogen-bond donors (Lipinski definition) is 0. The molecule has 0 saturated carbocycles. The molecule has 0 radical (unpaired) electrons. The maximum absolute atomic E-state index is 2.44. The highest BCUT2D eigenvalue weighted by molar-refractivity contribution is 6.14. The number of para-hydroxylation sites is 5. The van der Waals surface area contributed by atoms with Crippen LogP contribution in [-0.4, -0.2) is 4.57 Å². The van der Waals surface area contributed by atoms with Crippen molar-refractivity contribution in [3.63, 3.8) is 0 Å². The summed E-state index contributed by atoms with van der Waals surface area (Å²) in [5, 5.41) is 4.88. The highest BCUT2D eigenvalue weighted by Gasteiger charge is 2.21. The van der Waals surface area contributed by atoms with Crippen LogP contribution in [0.25, 0.3) is 38.3 Å². The summed E-state index contributed by atoms with van der Waals surface area (Å²) in [5.41, 5.74) is 15.4. The fourth-order valence-corrected chi connectivity index (χ4v) is 7.94. The summed E-state index contributed by atoms with van der Waals surface area (Å²) in [6.45, 7) is 8.77. The van der Waals surface area contributed by atoms with Crippen molar-refractivity contribution in [1.82, 2.24) is 4.57 Å². The van der Waals surface area contributed by atoms with Crippen molar-refractivity contribution in [3.05, 3.63) is 198 Å². The second-order valence-electron chi connectivity index (χ2n) is 14.1. The monoisotopic (exact) mass is 683 g/mol. The van der Waals surface area contributed by atoms with E-state index in [1.54, 1.807) is 0 Å². The van der Waals surface area contributed by atoms with Gasteiger partial charge in [0.05, 0.1) is 11.0 Å². The van der Waals surface area contributed by atoms with E-state index in [1.807, 2.05) is 0 Å². The Labute approximate surface area is 311 Å². The molecule has 256 valence electrons. The van der Waals surface area contributed by atoms with Gasteiger partial charge in [-0.3, -0.25) is 0 Å². The maximum Gasteiger partial charge on any atom is 0.0561 e. The van der Waals surface area contributed by atoms with Crippen molar-refractivity contribution >= 4 is 66.7 Å². The van der Waals surface area contributed by atoms with Crippen molar-refractivity contribution in [1.29, 1.82) is 0 Å². The van der Waals surface area contributed by atoms with Gasteiger partial charge in [0.25, 0.3) is 0 Å². The Morgan fingerprint density at radius 3 is 1.28 bits per heavy atom. The molecule has 0 aliphatic heterocycles. The van der Waals surface area contributed by atoms with E-state index in [0.29, 0.717) is 0 Å². The predicted molar refractivity (Wildman–Crippen MR) is 227 cm³/mol. The predicted octanol–water partition coefficient (Wildman–Crippen LogP) is 14.1. The van der Waals surface area contributed by atoms with Crippen LogP contribution in [0.5, 0.6) is 0 Å². The molecule has 0 atom stereocenters.